The van der Waals surface area contributed by atoms with Gasteiger partial charge in [0.25, 0.3) is 5.91 Å². The van der Waals surface area contributed by atoms with Gasteiger partial charge in [0.05, 0.1) is 13.2 Å². The molecule has 2 aromatic carbocycles. The van der Waals surface area contributed by atoms with Crippen LogP contribution in [0.15, 0.2) is 48.5 Å². The summed E-state index contributed by atoms with van der Waals surface area (Å²) in [6, 6.07) is 14.5. The highest BCUT2D eigenvalue weighted by Gasteiger charge is 2.08. The van der Waals surface area contributed by atoms with E-state index in [2.05, 4.69) is 29.8 Å². The third-order valence-corrected chi connectivity index (χ3v) is 4.12. The summed E-state index contributed by atoms with van der Waals surface area (Å²) in [6.07, 6.45) is 1.02. The molecule has 2 amide bonds. The molecule has 0 saturated heterocycles. The predicted molar refractivity (Wildman–Crippen MR) is 118 cm³/mol. The first kappa shape index (κ1) is 22.3. The van der Waals surface area contributed by atoms with Gasteiger partial charge in [-0.25, -0.2) is 0 Å². The topological polar surface area (TPSA) is 79.5 Å². The molecule has 0 aliphatic carbocycles. The van der Waals surface area contributed by atoms with Gasteiger partial charge in [0, 0.05) is 23.0 Å². The normalized spacial score (nSPS) is 10.7. The maximum absolute atomic E-state index is 12.1. The van der Waals surface area contributed by atoms with Crippen molar-refractivity contribution in [3.63, 3.8) is 0 Å². The summed E-state index contributed by atoms with van der Waals surface area (Å²) in [5, 5.41) is 8.73. The van der Waals surface area contributed by atoms with Crippen LogP contribution in [0.25, 0.3) is 0 Å². The van der Waals surface area contributed by atoms with Crippen LogP contribution in [-0.4, -0.2) is 31.0 Å². The van der Waals surface area contributed by atoms with Crippen LogP contribution >= 0.6 is 0 Å². The Hall–Kier alpha value is -3.02. The molecule has 0 spiro atoms. The highest BCUT2D eigenvalue weighted by atomic mass is 16.5. The van der Waals surface area contributed by atoms with Crippen LogP contribution in [0.5, 0.6) is 5.75 Å². The number of hydrogen-bond acceptors (Lipinski definition) is 4. The molecule has 6 nitrogen and oxygen atoms in total. The maximum Gasteiger partial charge on any atom is 0.251 e. The van der Waals surface area contributed by atoms with Gasteiger partial charge in [0.15, 0.2) is 0 Å². The summed E-state index contributed by atoms with van der Waals surface area (Å²) in [7, 11) is 0. The zero-order valence-corrected chi connectivity index (χ0v) is 17.6. The van der Waals surface area contributed by atoms with E-state index in [1.165, 1.54) is 0 Å². The molecular weight excluding hydrogens is 366 g/mol. The van der Waals surface area contributed by atoms with Crippen LogP contribution in [0.1, 0.15) is 44.5 Å². The van der Waals surface area contributed by atoms with Crippen LogP contribution in [0.3, 0.4) is 0 Å². The first-order chi connectivity index (χ1) is 13.8. The van der Waals surface area contributed by atoms with Crippen molar-refractivity contribution in [2.24, 2.45) is 5.92 Å². The van der Waals surface area contributed by atoms with Gasteiger partial charge in [0.2, 0.25) is 5.91 Å². The number of ether oxygens (including phenoxy) is 1. The summed E-state index contributed by atoms with van der Waals surface area (Å²) in [6.45, 7) is 8.99. The minimum absolute atomic E-state index is 0.0774. The van der Waals surface area contributed by atoms with E-state index in [1.54, 1.807) is 24.3 Å². The van der Waals surface area contributed by atoms with Crippen LogP contribution in [0.4, 0.5) is 11.4 Å². The van der Waals surface area contributed by atoms with Gasteiger partial charge < -0.3 is 20.7 Å². The summed E-state index contributed by atoms with van der Waals surface area (Å²) < 4.78 is 5.69. The van der Waals surface area contributed by atoms with E-state index in [9.17, 15) is 9.59 Å². The number of benzene rings is 2. The molecular formula is C23H31N3O3. The van der Waals surface area contributed by atoms with E-state index < -0.39 is 0 Å². The van der Waals surface area contributed by atoms with Crippen LogP contribution in [0.2, 0.25) is 0 Å². The lowest BCUT2D eigenvalue weighted by Gasteiger charge is -2.11. The Kier molecular flexibility index (Phi) is 8.52. The van der Waals surface area contributed by atoms with Crippen molar-refractivity contribution in [2.75, 3.05) is 23.8 Å². The molecule has 0 heterocycles. The zero-order valence-electron chi connectivity index (χ0n) is 17.6. The number of rotatable bonds is 10. The number of hydrogen-bond donors (Lipinski definition) is 3. The van der Waals surface area contributed by atoms with Gasteiger partial charge in [0.1, 0.15) is 5.75 Å². The van der Waals surface area contributed by atoms with Crippen molar-refractivity contribution in [3.8, 4) is 5.75 Å². The summed E-state index contributed by atoms with van der Waals surface area (Å²) >= 11 is 0. The molecule has 29 heavy (non-hydrogen) atoms. The second-order valence-electron chi connectivity index (χ2n) is 7.66. The smallest absolute Gasteiger partial charge is 0.251 e. The van der Waals surface area contributed by atoms with Gasteiger partial charge in [-0.1, -0.05) is 13.8 Å². The number of anilines is 2. The third kappa shape index (κ3) is 8.25. The molecule has 0 atom stereocenters. The summed E-state index contributed by atoms with van der Waals surface area (Å²) in [5.74, 6) is 1.14. The zero-order chi connectivity index (χ0) is 21.2. The van der Waals surface area contributed by atoms with Gasteiger partial charge in [-0.05, 0) is 74.7 Å². The van der Waals surface area contributed by atoms with Crippen molar-refractivity contribution in [3.05, 3.63) is 54.1 Å². The SMILES string of the molecule is CC(C)CCOc1ccc(NCC(=O)Nc2ccc(C(=O)NC(C)C)cc2)cc1. The van der Waals surface area contributed by atoms with Gasteiger partial charge in [-0.3, -0.25) is 9.59 Å². The lowest BCUT2D eigenvalue weighted by atomic mass is 10.1. The van der Waals surface area contributed by atoms with Crippen molar-refractivity contribution in [1.29, 1.82) is 0 Å². The van der Waals surface area contributed by atoms with E-state index in [4.69, 9.17) is 4.74 Å². The van der Waals surface area contributed by atoms with Crippen LogP contribution < -0.4 is 20.7 Å². The fourth-order valence-corrected chi connectivity index (χ4v) is 2.52. The van der Waals surface area contributed by atoms with Gasteiger partial charge in [-0.15, -0.1) is 0 Å². The number of carbonyl (C=O) groups is 2. The molecule has 0 saturated carbocycles. The molecule has 0 aliphatic heterocycles. The van der Waals surface area contributed by atoms with E-state index in [1.807, 2.05) is 38.1 Å². The van der Waals surface area contributed by atoms with Crippen molar-refractivity contribution < 1.29 is 14.3 Å². The average molecular weight is 398 g/mol. The van der Waals surface area contributed by atoms with E-state index in [0.717, 1.165) is 17.9 Å². The molecule has 0 bridgehead atoms. The predicted octanol–water partition coefficient (Wildman–Crippen LogP) is 4.30. The lowest BCUT2D eigenvalue weighted by molar-refractivity contribution is -0.114. The number of nitrogens with one attached hydrogen (secondary N) is 3. The largest absolute Gasteiger partial charge is 0.494 e. The van der Waals surface area contributed by atoms with Crippen LogP contribution in [-0.2, 0) is 4.79 Å². The molecule has 0 aliphatic rings. The first-order valence-electron chi connectivity index (χ1n) is 10.0. The Labute approximate surface area is 173 Å². The van der Waals surface area contributed by atoms with Crippen molar-refractivity contribution >= 4 is 23.2 Å². The average Bonchev–Trinajstić information content (AvgIpc) is 2.67. The first-order valence-corrected chi connectivity index (χ1v) is 10.0. The highest BCUT2D eigenvalue weighted by Crippen LogP contribution is 2.16. The summed E-state index contributed by atoms with van der Waals surface area (Å²) in [4.78, 5) is 24.1. The quantitative estimate of drug-likeness (QED) is 0.558. The molecule has 2 rings (SSSR count). The molecule has 6 heteroatoms. The van der Waals surface area contributed by atoms with Gasteiger partial charge >= 0.3 is 0 Å². The van der Waals surface area contributed by atoms with Gasteiger partial charge in [-0.2, -0.15) is 0 Å². The lowest BCUT2D eigenvalue weighted by Crippen LogP contribution is -2.30. The maximum atomic E-state index is 12.1. The Balaban J connectivity index is 1.77. The Morgan fingerprint density at radius 3 is 2.10 bits per heavy atom. The Morgan fingerprint density at radius 2 is 1.52 bits per heavy atom. The minimum Gasteiger partial charge on any atom is -0.494 e. The molecule has 156 valence electrons. The molecule has 0 radical (unpaired) electrons. The number of amides is 2. The molecule has 0 unspecified atom stereocenters. The highest BCUT2D eigenvalue weighted by molar-refractivity contribution is 5.96. The van der Waals surface area contributed by atoms with E-state index >= 15 is 0 Å². The Bertz CT molecular complexity index is 784. The second kappa shape index (κ2) is 11.1. The van der Waals surface area contributed by atoms with Crippen molar-refractivity contribution in [2.45, 2.75) is 40.2 Å². The third-order valence-electron chi connectivity index (χ3n) is 4.12. The minimum atomic E-state index is -0.165. The number of carbonyl (C=O) groups excluding carboxylic acids is 2. The Morgan fingerprint density at radius 1 is 0.897 bits per heavy atom. The molecule has 2 aromatic rings. The van der Waals surface area contributed by atoms with E-state index in [0.29, 0.717) is 23.8 Å². The monoisotopic (exact) mass is 397 g/mol. The van der Waals surface area contributed by atoms with Crippen molar-refractivity contribution in [1.82, 2.24) is 5.32 Å². The standard InChI is InChI=1S/C23H31N3O3/c1-16(2)13-14-29-21-11-9-19(10-12-21)24-15-22(27)26-20-7-5-18(6-8-20)23(28)25-17(3)4/h5-12,16-17,24H,13-15H2,1-4H3,(H,25,28)(H,26,27). The molecule has 0 aromatic heterocycles. The molecule has 0 fully saturated rings. The molecule has 3 N–H and O–H groups in total. The fraction of sp³-hybridized carbons (Fsp3) is 0.391. The van der Waals surface area contributed by atoms with Crippen LogP contribution in [0, 0.1) is 5.92 Å². The summed E-state index contributed by atoms with van der Waals surface area (Å²) in [5.41, 5.74) is 2.05. The fourth-order valence-electron chi connectivity index (χ4n) is 2.52. The van der Waals surface area contributed by atoms with E-state index in [-0.39, 0.29) is 24.4 Å². The second-order valence-corrected chi connectivity index (χ2v) is 7.66.